The number of aromatic nitrogens is 2. The van der Waals surface area contributed by atoms with Gasteiger partial charge in [-0.2, -0.15) is 18.2 Å². The number of ether oxygens (including phenoxy) is 1. The number of benzene rings is 1. The summed E-state index contributed by atoms with van der Waals surface area (Å²) < 4.78 is 43.6. The smallest absolute Gasteiger partial charge is 0.417 e. The van der Waals surface area contributed by atoms with E-state index in [-0.39, 0.29) is 22.8 Å². The quantitative estimate of drug-likeness (QED) is 0.943. The van der Waals surface area contributed by atoms with Crippen molar-refractivity contribution in [2.75, 3.05) is 7.11 Å². The largest absolute Gasteiger partial charge is 0.480 e. The minimum absolute atomic E-state index is 0.250. The van der Waals surface area contributed by atoms with Crippen molar-refractivity contribution in [1.82, 2.24) is 9.97 Å². The molecular formula is C13H9F3N2O3. The van der Waals surface area contributed by atoms with Gasteiger partial charge in [0.15, 0.2) is 5.82 Å². The highest BCUT2D eigenvalue weighted by Crippen LogP contribution is 2.36. The fourth-order valence-electron chi connectivity index (χ4n) is 1.72. The Balaban J connectivity index is 2.61. The van der Waals surface area contributed by atoms with E-state index in [2.05, 4.69) is 9.97 Å². The van der Waals surface area contributed by atoms with E-state index in [0.29, 0.717) is 0 Å². The summed E-state index contributed by atoms with van der Waals surface area (Å²) in [5.41, 5.74) is -1.49. The van der Waals surface area contributed by atoms with E-state index in [0.717, 1.165) is 12.3 Å². The van der Waals surface area contributed by atoms with Crippen molar-refractivity contribution in [3.63, 3.8) is 0 Å². The summed E-state index contributed by atoms with van der Waals surface area (Å²) in [6.45, 7) is 0. The molecule has 8 heteroatoms. The SMILES string of the molecule is COc1nc(-c2ccccc2C(F)(F)F)ncc1C(=O)O. The van der Waals surface area contributed by atoms with Crippen LogP contribution in [0, 0.1) is 0 Å². The normalized spacial score (nSPS) is 11.2. The van der Waals surface area contributed by atoms with Gasteiger partial charge in [0, 0.05) is 11.8 Å². The number of hydrogen-bond acceptors (Lipinski definition) is 4. The molecular weight excluding hydrogens is 289 g/mol. The maximum Gasteiger partial charge on any atom is 0.417 e. The lowest BCUT2D eigenvalue weighted by atomic mass is 10.1. The summed E-state index contributed by atoms with van der Waals surface area (Å²) in [6, 6.07) is 4.76. The summed E-state index contributed by atoms with van der Waals surface area (Å²) in [4.78, 5) is 18.3. The number of alkyl halides is 3. The molecule has 0 spiro atoms. The maximum absolute atomic E-state index is 12.9. The number of methoxy groups -OCH3 is 1. The second kappa shape index (κ2) is 5.39. The van der Waals surface area contributed by atoms with Crippen LogP contribution in [0.2, 0.25) is 0 Å². The molecule has 0 aliphatic carbocycles. The van der Waals surface area contributed by atoms with E-state index in [4.69, 9.17) is 9.84 Å². The topological polar surface area (TPSA) is 72.3 Å². The fraction of sp³-hybridized carbons (Fsp3) is 0.154. The summed E-state index contributed by atoms with van der Waals surface area (Å²) >= 11 is 0. The maximum atomic E-state index is 12.9. The molecule has 5 nitrogen and oxygen atoms in total. The van der Waals surface area contributed by atoms with Crippen molar-refractivity contribution in [3.8, 4) is 17.3 Å². The number of rotatable bonds is 3. The molecule has 0 saturated heterocycles. The van der Waals surface area contributed by atoms with Gasteiger partial charge in [-0.05, 0) is 6.07 Å². The average molecular weight is 298 g/mol. The molecule has 0 bridgehead atoms. The summed E-state index contributed by atoms with van der Waals surface area (Å²) in [6.07, 6.45) is -3.66. The first-order valence-electron chi connectivity index (χ1n) is 5.65. The molecule has 0 saturated carbocycles. The average Bonchev–Trinajstić information content (AvgIpc) is 2.45. The van der Waals surface area contributed by atoms with Gasteiger partial charge in [-0.25, -0.2) is 9.78 Å². The molecule has 21 heavy (non-hydrogen) atoms. The van der Waals surface area contributed by atoms with Gasteiger partial charge < -0.3 is 9.84 Å². The molecule has 0 radical (unpaired) electrons. The van der Waals surface area contributed by atoms with Crippen LogP contribution in [-0.2, 0) is 6.18 Å². The van der Waals surface area contributed by atoms with Crippen molar-refractivity contribution >= 4 is 5.97 Å². The molecule has 0 aliphatic rings. The number of carboxylic acid groups (broad SMARTS) is 1. The van der Waals surface area contributed by atoms with Crippen LogP contribution >= 0.6 is 0 Å². The monoisotopic (exact) mass is 298 g/mol. The van der Waals surface area contributed by atoms with E-state index < -0.39 is 17.7 Å². The predicted octanol–water partition coefficient (Wildman–Crippen LogP) is 2.87. The van der Waals surface area contributed by atoms with Crippen LogP contribution in [0.3, 0.4) is 0 Å². The number of nitrogens with zero attached hydrogens (tertiary/aromatic N) is 2. The van der Waals surface area contributed by atoms with Crippen LogP contribution in [-0.4, -0.2) is 28.2 Å². The third kappa shape index (κ3) is 2.93. The molecule has 2 rings (SSSR count). The molecule has 0 amide bonds. The van der Waals surface area contributed by atoms with Gasteiger partial charge in [-0.15, -0.1) is 0 Å². The lowest BCUT2D eigenvalue weighted by Crippen LogP contribution is -2.09. The lowest BCUT2D eigenvalue weighted by molar-refractivity contribution is -0.137. The third-order valence-corrected chi connectivity index (χ3v) is 2.65. The molecule has 0 atom stereocenters. The van der Waals surface area contributed by atoms with E-state index in [1.54, 1.807) is 0 Å². The van der Waals surface area contributed by atoms with Crippen LogP contribution < -0.4 is 4.74 Å². The second-order valence-corrected chi connectivity index (χ2v) is 3.97. The highest BCUT2D eigenvalue weighted by Gasteiger charge is 2.34. The zero-order chi connectivity index (χ0) is 15.6. The molecule has 110 valence electrons. The Morgan fingerprint density at radius 3 is 2.52 bits per heavy atom. The van der Waals surface area contributed by atoms with Crippen molar-refractivity contribution in [3.05, 3.63) is 41.6 Å². The molecule has 1 heterocycles. The van der Waals surface area contributed by atoms with Gasteiger partial charge in [-0.3, -0.25) is 0 Å². The van der Waals surface area contributed by atoms with Crippen molar-refractivity contribution in [1.29, 1.82) is 0 Å². The van der Waals surface area contributed by atoms with Gasteiger partial charge in [0.1, 0.15) is 5.56 Å². The Bertz CT molecular complexity index is 687. The van der Waals surface area contributed by atoms with Gasteiger partial charge >= 0.3 is 12.1 Å². The standard InChI is InChI=1S/C13H9F3N2O3/c1-21-11-8(12(19)20)6-17-10(18-11)7-4-2-3-5-9(7)13(14,15)16/h2-6H,1H3,(H,19,20). The number of hydrogen-bond donors (Lipinski definition) is 1. The first-order valence-corrected chi connectivity index (χ1v) is 5.65. The Kier molecular flexibility index (Phi) is 3.79. The fourth-order valence-corrected chi connectivity index (χ4v) is 1.72. The van der Waals surface area contributed by atoms with Crippen LogP contribution in [0.4, 0.5) is 13.2 Å². The van der Waals surface area contributed by atoms with E-state index in [1.807, 2.05) is 0 Å². The first kappa shape index (κ1) is 14.8. The third-order valence-electron chi connectivity index (χ3n) is 2.65. The molecule has 0 fully saturated rings. The molecule has 0 unspecified atom stereocenters. The zero-order valence-corrected chi connectivity index (χ0v) is 10.7. The van der Waals surface area contributed by atoms with Crippen LogP contribution in [0.25, 0.3) is 11.4 Å². The Morgan fingerprint density at radius 2 is 1.95 bits per heavy atom. The van der Waals surface area contributed by atoms with E-state index >= 15 is 0 Å². The molecule has 1 N–H and O–H groups in total. The zero-order valence-electron chi connectivity index (χ0n) is 10.7. The molecule has 1 aromatic heterocycles. The van der Waals surface area contributed by atoms with Crippen LogP contribution in [0.15, 0.2) is 30.5 Å². The van der Waals surface area contributed by atoms with Gasteiger partial charge in [0.2, 0.25) is 5.88 Å². The van der Waals surface area contributed by atoms with Gasteiger partial charge in [0.05, 0.1) is 12.7 Å². The Hall–Kier alpha value is -2.64. The highest BCUT2D eigenvalue weighted by molar-refractivity contribution is 5.90. The first-order chi connectivity index (χ1) is 9.84. The van der Waals surface area contributed by atoms with Crippen molar-refractivity contribution < 1.29 is 27.8 Å². The molecule has 2 aromatic rings. The summed E-state index contributed by atoms with van der Waals surface area (Å²) in [7, 11) is 1.17. The highest BCUT2D eigenvalue weighted by atomic mass is 19.4. The number of carboxylic acids is 1. The molecule has 0 aliphatic heterocycles. The second-order valence-electron chi connectivity index (χ2n) is 3.97. The van der Waals surface area contributed by atoms with Crippen molar-refractivity contribution in [2.24, 2.45) is 0 Å². The van der Waals surface area contributed by atoms with Crippen molar-refractivity contribution in [2.45, 2.75) is 6.18 Å². The van der Waals surface area contributed by atoms with E-state index in [1.165, 1.54) is 25.3 Å². The lowest BCUT2D eigenvalue weighted by Gasteiger charge is -2.12. The van der Waals surface area contributed by atoms with Gasteiger partial charge in [0.25, 0.3) is 0 Å². The Labute approximate surface area is 117 Å². The van der Waals surface area contributed by atoms with Gasteiger partial charge in [-0.1, -0.05) is 18.2 Å². The number of aromatic carboxylic acids is 1. The number of carbonyl (C=O) groups is 1. The predicted molar refractivity (Wildman–Crippen MR) is 66.0 cm³/mol. The van der Waals surface area contributed by atoms with Crippen LogP contribution in [0.5, 0.6) is 5.88 Å². The summed E-state index contributed by atoms with van der Waals surface area (Å²) in [5.74, 6) is -1.89. The van der Waals surface area contributed by atoms with E-state index in [9.17, 15) is 18.0 Å². The summed E-state index contributed by atoms with van der Waals surface area (Å²) in [5, 5.41) is 8.90. The molecule has 1 aromatic carbocycles. The minimum Gasteiger partial charge on any atom is -0.480 e. The minimum atomic E-state index is -4.57. The van der Waals surface area contributed by atoms with Crippen LogP contribution in [0.1, 0.15) is 15.9 Å². The number of halogens is 3. The Morgan fingerprint density at radius 1 is 1.29 bits per heavy atom.